The summed E-state index contributed by atoms with van der Waals surface area (Å²) < 4.78 is 6.81. The van der Waals surface area contributed by atoms with E-state index in [1.54, 1.807) is 4.57 Å². The molecule has 6 nitrogen and oxygen atoms in total. The number of aromatic nitrogens is 2. The Hall–Kier alpha value is -2.63. The summed E-state index contributed by atoms with van der Waals surface area (Å²) in [6.07, 6.45) is 4.72. The minimum absolute atomic E-state index is 0.132. The maximum Gasteiger partial charge on any atom is 0.313 e. The van der Waals surface area contributed by atoms with E-state index in [1.807, 2.05) is 45.0 Å². The molecule has 0 N–H and O–H groups in total. The van der Waals surface area contributed by atoms with Crippen molar-refractivity contribution in [1.82, 2.24) is 9.55 Å². The second-order valence-electron chi connectivity index (χ2n) is 8.00. The highest BCUT2D eigenvalue weighted by Crippen LogP contribution is 2.31. The third-order valence-electron chi connectivity index (χ3n) is 5.88. The van der Waals surface area contributed by atoms with E-state index in [4.69, 9.17) is 9.72 Å². The SMILES string of the molecule is CCCC(C(=O)OC)c1c(-c2ccc(C)cc2)nc(N2CCCCC2)n(CC)c1=O. The lowest BCUT2D eigenvalue weighted by molar-refractivity contribution is -0.142. The van der Waals surface area contributed by atoms with E-state index >= 15 is 0 Å². The summed E-state index contributed by atoms with van der Waals surface area (Å²) in [5, 5.41) is 0. The number of methoxy groups -OCH3 is 1. The van der Waals surface area contributed by atoms with Crippen molar-refractivity contribution in [2.24, 2.45) is 0 Å². The Balaban J connectivity index is 2.28. The van der Waals surface area contributed by atoms with Crippen molar-refractivity contribution in [1.29, 1.82) is 0 Å². The van der Waals surface area contributed by atoms with E-state index in [-0.39, 0.29) is 11.5 Å². The number of rotatable bonds is 7. The molecule has 1 atom stereocenters. The van der Waals surface area contributed by atoms with Crippen molar-refractivity contribution in [2.45, 2.75) is 65.3 Å². The predicted octanol–water partition coefficient (Wildman–Crippen LogP) is 4.29. The highest BCUT2D eigenvalue weighted by atomic mass is 16.5. The van der Waals surface area contributed by atoms with Gasteiger partial charge in [-0.25, -0.2) is 4.98 Å². The van der Waals surface area contributed by atoms with Crippen LogP contribution in [-0.2, 0) is 16.1 Å². The highest BCUT2D eigenvalue weighted by molar-refractivity contribution is 5.81. The van der Waals surface area contributed by atoms with Crippen LogP contribution in [0.4, 0.5) is 5.95 Å². The van der Waals surface area contributed by atoms with Crippen molar-refractivity contribution >= 4 is 11.9 Å². The number of piperidine rings is 1. The van der Waals surface area contributed by atoms with Gasteiger partial charge in [0, 0.05) is 25.2 Å². The Bertz CT molecular complexity index is 928. The van der Waals surface area contributed by atoms with E-state index in [0.29, 0.717) is 30.2 Å². The molecule has 6 heteroatoms. The van der Waals surface area contributed by atoms with Crippen LogP contribution >= 0.6 is 0 Å². The number of nitrogens with zero attached hydrogens (tertiary/aromatic N) is 3. The maximum absolute atomic E-state index is 13.7. The maximum atomic E-state index is 13.7. The second-order valence-corrected chi connectivity index (χ2v) is 8.00. The van der Waals surface area contributed by atoms with Crippen LogP contribution in [0.5, 0.6) is 0 Å². The van der Waals surface area contributed by atoms with Crippen molar-refractivity contribution in [3.8, 4) is 11.3 Å². The van der Waals surface area contributed by atoms with Gasteiger partial charge in [-0.15, -0.1) is 0 Å². The summed E-state index contributed by atoms with van der Waals surface area (Å²) in [5.74, 6) is -0.288. The van der Waals surface area contributed by atoms with Gasteiger partial charge in [-0.3, -0.25) is 14.2 Å². The second kappa shape index (κ2) is 9.92. The summed E-state index contributed by atoms with van der Waals surface area (Å²) in [4.78, 5) is 33.7. The van der Waals surface area contributed by atoms with E-state index in [2.05, 4.69) is 4.90 Å². The largest absolute Gasteiger partial charge is 0.469 e. The van der Waals surface area contributed by atoms with Crippen LogP contribution in [0.1, 0.15) is 63.0 Å². The van der Waals surface area contributed by atoms with Crippen LogP contribution in [-0.4, -0.2) is 35.7 Å². The first-order valence-electron chi connectivity index (χ1n) is 11.1. The Kier molecular flexibility index (Phi) is 7.29. The van der Waals surface area contributed by atoms with Gasteiger partial charge < -0.3 is 9.64 Å². The first kappa shape index (κ1) is 22.1. The monoisotopic (exact) mass is 411 g/mol. The number of esters is 1. The lowest BCUT2D eigenvalue weighted by Crippen LogP contribution is -2.38. The molecule has 162 valence electrons. The number of ether oxygens (including phenoxy) is 1. The van der Waals surface area contributed by atoms with E-state index < -0.39 is 5.92 Å². The molecule has 0 spiro atoms. The summed E-state index contributed by atoms with van der Waals surface area (Å²) >= 11 is 0. The molecule has 0 amide bonds. The number of hydrogen-bond acceptors (Lipinski definition) is 5. The van der Waals surface area contributed by atoms with Crippen molar-refractivity contribution in [3.05, 3.63) is 45.7 Å². The molecule has 0 bridgehead atoms. The first-order valence-corrected chi connectivity index (χ1v) is 11.1. The molecular weight excluding hydrogens is 378 g/mol. The van der Waals surface area contributed by atoms with Gasteiger partial charge in [0.25, 0.3) is 5.56 Å². The molecule has 0 radical (unpaired) electrons. The molecular formula is C24H33N3O3. The van der Waals surface area contributed by atoms with E-state index in [9.17, 15) is 9.59 Å². The van der Waals surface area contributed by atoms with Gasteiger partial charge in [0.2, 0.25) is 5.95 Å². The van der Waals surface area contributed by atoms with Gasteiger partial charge in [-0.2, -0.15) is 0 Å². The topological polar surface area (TPSA) is 64.4 Å². The van der Waals surface area contributed by atoms with Crippen LogP contribution in [0.3, 0.4) is 0 Å². The van der Waals surface area contributed by atoms with E-state index in [0.717, 1.165) is 43.5 Å². The van der Waals surface area contributed by atoms with Crippen LogP contribution in [0.2, 0.25) is 0 Å². The molecule has 1 aromatic heterocycles. The molecule has 1 aromatic carbocycles. The number of hydrogen-bond donors (Lipinski definition) is 0. The molecule has 3 rings (SSSR count). The predicted molar refractivity (Wildman–Crippen MR) is 120 cm³/mol. The molecule has 1 aliphatic heterocycles. The number of anilines is 1. The average Bonchev–Trinajstić information content (AvgIpc) is 2.78. The van der Waals surface area contributed by atoms with Gasteiger partial charge in [0.15, 0.2) is 0 Å². The summed E-state index contributed by atoms with van der Waals surface area (Å²) in [6.45, 7) is 8.30. The number of carbonyl (C=O) groups excluding carboxylic acids is 1. The highest BCUT2D eigenvalue weighted by Gasteiger charge is 2.31. The quantitative estimate of drug-likeness (QED) is 0.636. The molecule has 0 aliphatic carbocycles. The van der Waals surface area contributed by atoms with Crippen LogP contribution in [0.25, 0.3) is 11.3 Å². The summed E-state index contributed by atoms with van der Waals surface area (Å²) in [6, 6.07) is 7.99. The summed E-state index contributed by atoms with van der Waals surface area (Å²) in [7, 11) is 1.38. The van der Waals surface area contributed by atoms with Gasteiger partial charge in [-0.05, 0) is 39.5 Å². The number of benzene rings is 1. The molecule has 2 heterocycles. The van der Waals surface area contributed by atoms with Crippen molar-refractivity contribution in [3.63, 3.8) is 0 Å². The zero-order chi connectivity index (χ0) is 21.7. The van der Waals surface area contributed by atoms with Crippen molar-refractivity contribution < 1.29 is 9.53 Å². The fraction of sp³-hybridized carbons (Fsp3) is 0.542. The molecule has 1 saturated heterocycles. The third kappa shape index (κ3) is 4.42. The molecule has 30 heavy (non-hydrogen) atoms. The standard InChI is InChI=1S/C24H33N3O3/c1-5-10-19(23(29)30-4)20-21(18-13-11-17(3)12-14-18)25-24(27(6-2)22(20)28)26-15-8-7-9-16-26/h11-14,19H,5-10,15-16H2,1-4H3. The Morgan fingerprint density at radius 2 is 1.80 bits per heavy atom. The molecule has 1 unspecified atom stereocenters. The minimum atomic E-state index is -0.621. The minimum Gasteiger partial charge on any atom is -0.469 e. The number of carbonyl (C=O) groups is 1. The lowest BCUT2D eigenvalue weighted by atomic mass is 9.91. The van der Waals surface area contributed by atoms with Gasteiger partial charge in [0.1, 0.15) is 0 Å². The normalized spacial score (nSPS) is 15.1. The fourth-order valence-corrected chi connectivity index (χ4v) is 4.23. The van der Waals surface area contributed by atoms with Crippen LogP contribution in [0.15, 0.2) is 29.1 Å². The van der Waals surface area contributed by atoms with Gasteiger partial charge >= 0.3 is 5.97 Å². The van der Waals surface area contributed by atoms with Gasteiger partial charge in [0.05, 0.1) is 24.3 Å². The van der Waals surface area contributed by atoms with E-state index in [1.165, 1.54) is 13.5 Å². The third-order valence-corrected chi connectivity index (χ3v) is 5.88. The van der Waals surface area contributed by atoms with Crippen LogP contribution < -0.4 is 10.5 Å². The molecule has 2 aromatic rings. The Morgan fingerprint density at radius 3 is 2.37 bits per heavy atom. The zero-order valence-corrected chi connectivity index (χ0v) is 18.6. The Labute approximate surface area is 178 Å². The van der Waals surface area contributed by atoms with Crippen molar-refractivity contribution in [2.75, 3.05) is 25.1 Å². The first-order chi connectivity index (χ1) is 14.5. The summed E-state index contributed by atoms with van der Waals surface area (Å²) in [5.41, 5.74) is 2.92. The smallest absolute Gasteiger partial charge is 0.313 e. The van der Waals surface area contributed by atoms with Gasteiger partial charge in [-0.1, -0.05) is 43.2 Å². The molecule has 1 fully saturated rings. The molecule has 0 saturated carbocycles. The fourth-order valence-electron chi connectivity index (χ4n) is 4.23. The average molecular weight is 412 g/mol. The lowest BCUT2D eigenvalue weighted by Gasteiger charge is -2.31. The van der Waals surface area contributed by atoms with Crippen LogP contribution in [0, 0.1) is 6.92 Å². The molecule has 1 aliphatic rings. The zero-order valence-electron chi connectivity index (χ0n) is 18.6. The Morgan fingerprint density at radius 1 is 1.13 bits per heavy atom. The number of aryl methyl sites for hydroxylation is 1.